The van der Waals surface area contributed by atoms with E-state index in [1.807, 2.05) is 0 Å². The molecular weight excluding hydrogens is 336 g/mol. The monoisotopic (exact) mass is 350 g/mol. The molecule has 1 unspecified atom stereocenters. The molecule has 2 amide bonds. The van der Waals surface area contributed by atoms with E-state index in [0.29, 0.717) is 21.8 Å². The molecule has 0 fully saturated rings. The van der Waals surface area contributed by atoms with Crippen LogP contribution in [0.2, 0.25) is 5.02 Å². The van der Waals surface area contributed by atoms with Gasteiger partial charge in [0.05, 0.1) is 0 Å². The van der Waals surface area contributed by atoms with Crippen LogP contribution in [-0.2, 0) is 21.7 Å². The second kappa shape index (κ2) is 8.01. The summed E-state index contributed by atoms with van der Waals surface area (Å²) in [5, 5.41) is 3.32. The number of carbonyl (C=O) groups excluding carboxylic acids is 2. The number of hydrogen-bond donors (Lipinski definition) is 2. The third kappa shape index (κ3) is 5.28. The minimum absolute atomic E-state index is 0.139. The van der Waals surface area contributed by atoms with Gasteiger partial charge < -0.3 is 15.6 Å². The molecule has 0 bridgehead atoms. The summed E-state index contributed by atoms with van der Waals surface area (Å²) in [5.74, 6) is -0.986. The van der Waals surface area contributed by atoms with Gasteiger partial charge in [-0.3, -0.25) is 9.59 Å². The van der Waals surface area contributed by atoms with Crippen molar-refractivity contribution in [3.63, 3.8) is 0 Å². The maximum atomic E-state index is 12.2. The summed E-state index contributed by atoms with van der Waals surface area (Å²) in [6, 6.07) is 13.5. The fraction of sp³-hybridized carbons (Fsp3) is 0.125. The minimum atomic E-state index is -1.42. The molecule has 7 heteroatoms. The topological polar surface area (TPSA) is 95.2 Å². The average molecular weight is 351 g/mol. The fourth-order valence-corrected chi connectivity index (χ4v) is 3.09. The third-order valence-corrected chi connectivity index (χ3v) is 4.48. The van der Waals surface area contributed by atoms with Crippen molar-refractivity contribution in [2.45, 2.75) is 5.75 Å². The molecule has 2 aromatic carbocycles. The number of anilines is 1. The third-order valence-electron chi connectivity index (χ3n) is 2.99. The van der Waals surface area contributed by atoms with Gasteiger partial charge >= 0.3 is 0 Å². The molecule has 0 saturated heterocycles. The van der Waals surface area contributed by atoms with Crippen molar-refractivity contribution >= 4 is 40.3 Å². The van der Waals surface area contributed by atoms with Gasteiger partial charge in [-0.1, -0.05) is 29.8 Å². The van der Waals surface area contributed by atoms with E-state index in [-0.39, 0.29) is 17.4 Å². The highest BCUT2D eigenvalue weighted by atomic mass is 35.5. The number of carbonyl (C=O) groups is 2. The molecule has 0 aliphatic rings. The molecule has 0 saturated carbocycles. The van der Waals surface area contributed by atoms with Gasteiger partial charge in [-0.25, -0.2) is 0 Å². The predicted molar refractivity (Wildman–Crippen MR) is 91.8 cm³/mol. The molecule has 120 valence electrons. The second-order valence-corrected chi connectivity index (χ2v) is 6.71. The van der Waals surface area contributed by atoms with Crippen LogP contribution in [-0.4, -0.2) is 22.1 Å². The largest absolute Gasteiger partial charge is 0.616 e. The van der Waals surface area contributed by atoms with E-state index in [1.165, 1.54) is 0 Å². The van der Waals surface area contributed by atoms with Crippen molar-refractivity contribution in [2.75, 3.05) is 11.1 Å². The Bertz CT molecular complexity index is 707. The van der Waals surface area contributed by atoms with Gasteiger partial charge in [0.2, 0.25) is 0 Å². The normalized spacial score (nSPS) is 11.7. The number of nitrogens with two attached hydrogens (primary N) is 1. The van der Waals surface area contributed by atoms with E-state index >= 15 is 0 Å². The van der Waals surface area contributed by atoms with E-state index < -0.39 is 17.1 Å². The molecule has 0 aliphatic carbocycles. The lowest BCUT2D eigenvalue weighted by Crippen LogP contribution is -2.24. The van der Waals surface area contributed by atoms with Crippen molar-refractivity contribution in [2.24, 2.45) is 5.73 Å². The fourth-order valence-electron chi connectivity index (χ4n) is 1.95. The summed E-state index contributed by atoms with van der Waals surface area (Å²) < 4.78 is 11.9. The van der Waals surface area contributed by atoms with Gasteiger partial charge in [0.25, 0.3) is 11.8 Å². The zero-order valence-electron chi connectivity index (χ0n) is 12.1. The lowest BCUT2D eigenvalue weighted by Gasteiger charge is -2.13. The maximum Gasteiger partial charge on any atom is 0.267 e. The molecule has 5 nitrogen and oxygen atoms in total. The van der Waals surface area contributed by atoms with Gasteiger partial charge in [-0.05, 0) is 41.5 Å². The highest BCUT2D eigenvalue weighted by Crippen LogP contribution is 2.19. The summed E-state index contributed by atoms with van der Waals surface area (Å²) in [5.41, 5.74) is 6.72. The Morgan fingerprint density at radius 2 is 1.78 bits per heavy atom. The first-order valence-corrected chi connectivity index (χ1v) is 8.60. The van der Waals surface area contributed by atoms with E-state index in [0.717, 1.165) is 0 Å². The van der Waals surface area contributed by atoms with Crippen LogP contribution in [0.1, 0.15) is 15.9 Å². The summed E-state index contributed by atoms with van der Waals surface area (Å²) in [6.45, 7) is 0. The van der Waals surface area contributed by atoms with Crippen molar-refractivity contribution in [3.8, 4) is 0 Å². The number of primary amides is 1. The Kier molecular flexibility index (Phi) is 6.04. The van der Waals surface area contributed by atoms with Gasteiger partial charge in [0, 0.05) is 21.8 Å². The van der Waals surface area contributed by atoms with Crippen LogP contribution in [0.4, 0.5) is 5.69 Å². The number of benzene rings is 2. The number of halogens is 1. The highest BCUT2D eigenvalue weighted by molar-refractivity contribution is 7.91. The van der Waals surface area contributed by atoms with Crippen LogP contribution < -0.4 is 11.1 Å². The van der Waals surface area contributed by atoms with Crippen LogP contribution >= 0.6 is 11.6 Å². The summed E-state index contributed by atoms with van der Waals surface area (Å²) in [4.78, 5) is 23.1. The van der Waals surface area contributed by atoms with Gasteiger partial charge in [0.15, 0.2) is 5.75 Å². The highest BCUT2D eigenvalue weighted by Gasteiger charge is 2.15. The van der Waals surface area contributed by atoms with Crippen molar-refractivity contribution in [3.05, 3.63) is 64.7 Å². The molecule has 1 atom stereocenters. The van der Waals surface area contributed by atoms with E-state index in [4.69, 9.17) is 17.3 Å². The summed E-state index contributed by atoms with van der Waals surface area (Å²) in [6.07, 6.45) is 0. The molecule has 2 rings (SSSR count). The molecule has 0 heterocycles. The molecule has 23 heavy (non-hydrogen) atoms. The van der Waals surface area contributed by atoms with Crippen molar-refractivity contribution in [1.29, 1.82) is 0 Å². The van der Waals surface area contributed by atoms with Crippen LogP contribution in [0.25, 0.3) is 0 Å². The number of hydrogen-bond acceptors (Lipinski definition) is 3. The first kappa shape index (κ1) is 17.3. The van der Waals surface area contributed by atoms with E-state index in [9.17, 15) is 14.1 Å². The molecule has 0 spiro atoms. The molecule has 0 radical (unpaired) electrons. The van der Waals surface area contributed by atoms with Gasteiger partial charge in [0.1, 0.15) is 5.75 Å². The van der Waals surface area contributed by atoms with Gasteiger partial charge in [-0.15, -0.1) is 0 Å². The Hall–Kier alpha value is -2.02. The Morgan fingerprint density at radius 1 is 1.13 bits per heavy atom. The lowest BCUT2D eigenvalue weighted by molar-refractivity contribution is -0.115. The maximum absolute atomic E-state index is 12.2. The predicted octanol–water partition coefficient (Wildman–Crippen LogP) is 2.33. The van der Waals surface area contributed by atoms with Crippen molar-refractivity contribution in [1.82, 2.24) is 0 Å². The standard InChI is InChI=1S/C16H15ClN2O3S/c17-13-7-5-11(6-8-13)16(21)19-14-4-2-1-3-12(14)9-23(22)10-15(18)20/h1-8H,9-10H2,(H2,18,20)(H,19,21). The Morgan fingerprint density at radius 3 is 2.43 bits per heavy atom. The zero-order chi connectivity index (χ0) is 16.8. The number of rotatable bonds is 6. The molecule has 0 aromatic heterocycles. The van der Waals surface area contributed by atoms with Crippen LogP contribution in [0.15, 0.2) is 48.5 Å². The molecule has 0 aliphatic heterocycles. The zero-order valence-corrected chi connectivity index (χ0v) is 13.7. The molecule has 3 N–H and O–H groups in total. The van der Waals surface area contributed by atoms with Gasteiger partial charge in [-0.2, -0.15) is 0 Å². The minimum Gasteiger partial charge on any atom is -0.616 e. The summed E-state index contributed by atoms with van der Waals surface area (Å²) in [7, 11) is 0. The lowest BCUT2D eigenvalue weighted by atomic mass is 10.1. The first-order chi connectivity index (χ1) is 11.0. The number of amides is 2. The van der Waals surface area contributed by atoms with E-state index in [2.05, 4.69) is 5.32 Å². The SMILES string of the molecule is NC(=O)C[S+]([O-])Cc1ccccc1NC(=O)c1ccc(Cl)cc1. The van der Waals surface area contributed by atoms with E-state index in [1.54, 1.807) is 48.5 Å². The second-order valence-electron chi connectivity index (χ2n) is 4.81. The number of para-hydroxylation sites is 1. The smallest absolute Gasteiger partial charge is 0.267 e. The van der Waals surface area contributed by atoms with Crippen LogP contribution in [0.3, 0.4) is 0 Å². The van der Waals surface area contributed by atoms with Crippen molar-refractivity contribution < 1.29 is 14.1 Å². The average Bonchev–Trinajstić information content (AvgIpc) is 2.49. The Labute approximate surface area is 142 Å². The number of nitrogens with one attached hydrogen (secondary N) is 1. The van der Waals surface area contributed by atoms with Crippen LogP contribution in [0.5, 0.6) is 0 Å². The first-order valence-electron chi connectivity index (χ1n) is 6.74. The Balaban J connectivity index is 2.12. The summed E-state index contributed by atoms with van der Waals surface area (Å²) >= 11 is 4.38. The quantitative estimate of drug-likeness (QED) is 0.782. The molecule has 2 aromatic rings. The molecular formula is C16H15ClN2O3S. The van der Waals surface area contributed by atoms with Crippen LogP contribution in [0, 0.1) is 0 Å².